The van der Waals surface area contributed by atoms with E-state index < -0.39 is 22.9 Å². The summed E-state index contributed by atoms with van der Waals surface area (Å²) >= 11 is 0.511. The summed E-state index contributed by atoms with van der Waals surface area (Å²) in [5, 5.41) is -0.954. The fourth-order valence-electron chi connectivity index (χ4n) is 3.81. The van der Waals surface area contributed by atoms with Crippen molar-refractivity contribution in [3.63, 3.8) is 0 Å². The molecule has 180 valence electrons. The molecule has 0 saturated carbocycles. The highest BCUT2D eigenvalue weighted by molar-refractivity contribution is 7.18. The second kappa shape index (κ2) is 8.26. The first-order valence-electron chi connectivity index (χ1n) is 10.3. The second-order valence-electron chi connectivity index (χ2n) is 7.82. The van der Waals surface area contributed by atoms with Gasteiger partial charge in [-0.3, -0.25) is 4.79 Å². The molecule has 3 aromatic carbocycles. The lowest BCUT2D eigenvalue weighted by atomic mass is 9.98. The molecule has 2 heterocycles. The number of nitrogens with zero attached hydrogens (tertiary/aromatic N) is 2. The van der Waals surface area contributed by atoms with Crippen molar-refractivity contribution in [3.8, 4) is 11.5 Å². The molecule has 0 fully saturated rings. The first kappa shape index (κ1) is 23.2. The zero-order valence-electron chi connectivity index (χ0n) is 17.6. The normalized spacial score (nSPS) is 14.3. The Morgan fingerprint density at radius 3 is 2.26 bits per heavy atom. The molecule has 5 rings (SSSR count). The lowest BCUT2D eigenvalue weighted by Gasteiger charge is -2.29. The van der Waals surface area contributed by atoms with Gasteiger partial charge in [0.15, 0.2) is 5.01 Å². The average Bonchev–Trinajstić information content (AvgIpc) is 3.24. The van der Waals surface area contributed by atoms with Gasteiger partial charge >= 0.3 is 12.4 Å². The van der Waals surface area contributed by atoms with Crippen molar-refractivity contribution in [2.45, 2.75) is 18.8 Å². The van der Waals surface area contributed by atoms with Crippen LogP contribution in [0.3, 0.4) is 0 Å². The third-order valence-corrected chi connectivity index (χ3v) is 6.57. The van der Waals surface area contributed by atoms with E-state index in [4.69, 9.17) is 4.74 Å². The Hall–Kier alpha value is -3.60. The van der Waals surface area contributed by atoms with Gasteiger partial charge in [-0.05, 0) is 66.6 Å². The molecule has 0 atom stereocenters. The summed E-state index contributed by atoms with van der Waals surface area (Å²) in [6.07, 6.45) is -8.50. The average molecular weight is 508 g/mol. The van der Waals surface area contributed by atoms with Crippen LogP contribution in [0.25, 0.3) is 10.2 Å². The molecule has 0 spiro atoms. The Bertz CT molecular complexity index is 1430. The molecule has 0 saturated heterocycles. The highest BCUT2D eigenvalue weighted by atomic mass is 32.1. The highest BCUT2D eigenvalue weighted by Gasteiger charge is 2.35. The van der Waals surface area contributed by atoms with Gasteiger partial charge in [-0.25, -0.2) is 4.98 Å². The number of fused-ring (bicyclic) bond motifs is 2. The number of ether oxygens (including phenoxy) is 1. The summed E-state index contributed by atoms with van der Waals surface area (Å²) in [6, 6.07) is 13.5. The molecule has 0 N–H and O–H groups in total. The maximum absolute atomic E-state index is 13.2. The maximum atomic E-state index is 13.2. The quantitative estimate of drug-likeness (QED) is 0.272. The van der Waals surface area contributed by atoms with Crippen molar-refractivity contribution in [1.82, 2.24) is 4.98 Å². The minimum atomic E-state index is -4.55. The molecule has 1 aliphatic heterocycles. The number of rotatable bonds is 3. The first-order chi connectivity index (χ1) is 16.5. The van der Waals surface area contributed by atoms with E-state index >= 15 is 0 Å². The van der Waals surface area contributed by atoms with E-state index in [-0.39, 0.29) is 22.9 Å². The Morgan fingerprint density at radius 2 is 1.57 bits per heavy atom. The lowest BCUT2D eigenvalue weighted by Crippen LogP contribution is -2.37. The summed E-state index contributed by atoms with van der Waals surface area (Å²) in [7, 11) is 0. The largest absolute Gasteiger partial charge is 0.457 e. The van der Waals surface area contributed by atoms with Crippen molar-refractivity contribution < 1.29 is 35.9 Å². The van der Waals surface area contributed by atoms with Crippen molar-refractivity contribution >= 4 is 33.1 Å². The van der Waals surface area contributed by atoms with E-state index in [1.807, 2.05) is 0 Å². The van der Waals surface area contributed by atoms with E-state index in [9.17, 15) is 31.1 Å². The van der Waals surface area contributed by atoms with Gasteiger partial charge in [-0.1, -0.05) is 6.07 Å². The molecule has 0 unspecified atom stereocenters. The number of thiazole rings is 1. The molecule has 35 heavy (non-hydrogen) atoms. The number of hydrogen-bond acceptors (Lipinski definition) is 4. The molecule has 0 aliphatic carbocycles. The van der Waals surface area contributed by atoms with Crippen LogP contribution < -0.4 is 9.64 Å². The molecule has 1 aromatic heterocycles. The fourth-order valence-corrected chi connectivity index (χ4v) is 4.68. The van der Waals surface area contributed by atoms with Gasteiger partial charge in [0.1, 0.15) is 11.5 Å². The van der Waals surface area contributed by atoms with Gasteiger partial charge in [-0.2, -0.15) is 26.3 Å². The van der Waals surface area contributed by atoms with Crippen LogP contribution in [0.2, 0.25) is 0 Å². The van der Waals surface area contributed by atoms with Crippen LogP contribution in [0, 0.1) is 0 Å². The minimum Gasteiger partial charge on any atom is -0.457 e. The zero-order chi connectivity index (χ0) is 25.0. The number of carbonyl (C=O) groups is 1. The number of hydrogen-bond donors (Lipinski definition) is 0. The number of carbonyl (C=O) groups excluding carboxylic acids is 1. The van der Waals surface area contributed by atoms with E-state index in [0.29, 0.717) is 40.3 Å². The number of aromatic nitrogens is 1. The van der Waals surface area contributed by atoms with Crippen LogP contribution >= 0.6 is 11.3 Å². The highest BCUT2D eigenvalue weighted by Crippen LogP contribution is 2.38. The molecule has 0 radical (unpaired) electrons. The van der Waals surface area contributed by atoms with Gasteiger partial charge in [0, 0.05) is 17.8 Å². The van der Waals surface area contributed by atoms with Crippen LogP contribution in [-0.2, 0) is 18.8 Å². The van der Waals surface area contributed by atoms with Crippen LogP contribution in [0.1, 0.15) is 26.5 Å². The lowest BCUT2D eigenvalue weighted by molar-refractivity contribution is -0.138. The van der Waals surface area contributed by atoms with E-state index in [0.717, 1.165) is 17.7 Å². The first-order valence-corrected chi connectivity index (χ1v) is 11.1. The summed E-state index contributed by atoms with van der Waals surface area (Å²) in [6.45, 7) is 0.335. The monoisotopic (exact) mass is 508 g/mol. The van der Waals surface area contributed by atoms with E-state index in [1.165, 1.54) is 35.2 Å². The molecular weight excluding hydrogens is 494 g/mol. The van der Waals surface area contributed by atoms with Gasteiger partial charge in [0.2, 0.25) is 0 Å². The van der Waals surface area contributed by atoms with Crippen LogP contribution in [0.5, 0.6) is 11.5 Å². The number of alkyl halides is 6. The van der Waals surface area contributed by atoms with Crippen LogP contribution in [0.15, 0.2) is 60.7 Å². The number of halogens is 6. The predicted octanol–water partition coefficient (Wildman–Crippen LogP) is 7.33. The van der Waals surface area contributed by atoms with Crippen LogP contribution in [-0.4, -0.2) is 17.4 Å². The number of amides is 1. The summed E-state index contributed by atoms with van der Waals surface area (Å²) in [4.78, 5) is 18.3. The predicted molar refractivity (Wildman–Crippen MR) is 118 cm³/mol. The molecule has 11 heteroatoms. The van der Waals surface area contributed by atoms with E-state index in [1.54, 1.807) is 18.2 Å². The fraction of sp³-hybridized carbons (Fsp3) is 0.167. The summed E-state index contributed by atoms with van der Waals surface area (Å²) in [5.41, 5.74) is 0.953. The van der Waals surface area contributed by atoms with Gasteiger partial charge in [-0.15, -0.1) is 11.3 Å². The number of anilines is 1. The smallest absolute Gasteiger partial charge is 0.443 e. The Balaban J connectivity index is 1.40. The number of benzene rings is 3. The molecular formula is C24H14F6N2O2S. The van der Waals surface area contributed by atoms with E-state index in [2.05, 4.69) is 4.98 Å². The summed E-state index contributed by atoms with van der Waals surface area (Å²) in [5.74, 6) is 0.0876. The van der Waals surface area contributed by atoms with Gasteiger partial charge in [0.25, 0.3) is 5.91 Å². The molecule has 4 nitrogen and oxygen atoms in total. The second-order valence-corrected chi connectivity index (χ2v) is 8.85. The Kier molecular flexibility index (Phi) is 5.47. The molecule has 1 aliphatic rings. The minimum absolute atomic E-state index is 0.175. The van der Waals surface area contributed by atoms with Crippen LogP contribution in [0.4, 0.5) is 32.0 Å². The standard InChI is InChI=1S/C24H14F6N2O2S/c25-23(26,27)14-2-6-16(7-3-14)34-17-5-1-13-9-10-32(21(33)18(13)12-17)15-4-8-19-20(11-15)35-22(31-19)24(28,29)30/h1-8,11-12H,9-10H2. The van der Waals surface area contributed by atoms with Gasteiger partial charge < -0.3 is 9.64 Å². The van der Waals surface area contributed by atoms with Crippen molar-refractivity contribution in [3.05, 3.63) is 82.4 Å². The molecule has 0 bridgehead atoms. The Morgan fingerprint density at radius 1 is 0.857 bits per heavy atom. The van der Waals surface area contributed by atoms with Crippen molar-refractivity contribution in [2.24, 2.45) is 0 Å². The van der Waals surface area contributed by atoms with Crippen molar-refractivity contribution in [2.75, 3.05) is 11.4 Å². The topological polar surface area (TPSA) is 42.4 Å². The molecule has 4 aromatic rings. The zero-order valence-corrected chi connectivity index (χ0v) is 18.4. The summed E-state index contributed by atoms with van der Waals surface area (Å²) < 4.78 is 83.2. The van der Waals surface area contributed by atoms with Crippen molar-refractivity contribution in [1.29, 1.82) is 0 Å². The molecule has 1 amide bonds. The Labute approximate surface area is 198 Å². The third-order valence-electron chi connectivity index (χ3n) is 5.51. The SMILES string of the molecule is O=C1c2cc(Oc3ccc(C(F)(F)F)cc3)ccc2CCN1c1ccc2nc(C(F)(F)F)sc2c1. The van der Waals surface area contributed by atoms with Gasteiger partial charge in [0.05, 0.1) is 15.8 Å². The third kappa shape index (κ3) is 4.55. The maximum Gasteiger partial charge on any atom is 0.443 e.